The van der Waals surface area contributed by atoms with Crippen LogP contribution in [0, 0.1) is 0 Å². The Hall–Kier alpha value is -1.84. The number of hydrogen-bond acceptors (Lipinski definition) is 3. The van der Waals surface area contributed by atoms with E-state index in [-0.39, 0.29) is 5.41 Å². The van der Waals surface area contributed by atoms with Crippen molar-refractivity contribution in [2.75, 3.05) is 13.2 Å². The van der Waals surface area contributed by atoms with Gasteiger partial charge in [-0.1, -0.05) is 42.5 Å². The molecule has 0 aliphatic carbocycles. The van der Waals surface area contributed by atoms with Gasteiger partial charge < -0.3 is 14.6 Å². The molecule has 1 unspecified atom stereocenters. The van der Waals surface area contributed by atoms with Crippen LogP contribution in [0.2, 0.25) is 0 Å². The van der Waals surface area contributed by atoms with Crippen molar-refractivity contribution in [3.63, 3.8) is 0 Å². The molecule has 1 saturated heterocycles. The van der Waals surface area contributed by atoms with E-state index < -0.39 is 6.10 Å². The topological polar surface area (TPSA) is 38.7 Å². The molecular formula is C20H24O3. The molecule has 3 rings (SSSR count). The van der Waals surface area contributed by atoms with E-state index >= 15 is 0 Å². The summed E-state index contributed by atoms with van der Waals surface area (Å²) in [6.07, 6.45) is 1.27. The fraction of sp³-hybridized carbons (Fsp3) is 0.400. The number of ether oxygens (including phenoxy) is 2. The predicted octanol–water partition coefficient (Wildman–Crippen LogP) is 3.69. The van der Waals surface area contributed by atoms with Gasteiger partial charge in [0.05, 0.1) is 6.10 Å². The van der Waals surface area contributed by atoms with E-state index in [1.165, 1.54) is 0 Å². The van der Waals surface area contributed by atoms with Crippen LogP contribution in [0.1, 0.15) is 30.9 Å². The molecule has 0 amide bonds. The first-order valence-electron chi connectivity index (χ1n) is 8.24. The molecule has 3 nitrogen and oxygen atoms in total. The van der Waals surface area contributed by atoms with Gasteiger partial charge >= 0.3 is 0 Å². The number of aliphatic hydroxyl groups excluding tert-OH is 1. The molecule has 2 aromatic rings. The Labute approximate surface area is 137 Å². The standard InChI is InChI=1S/C20H24O3/c1-16(21)20(10-12-22-13-11-20)18-8-5-9-19(14-18)23-15-17-6-3-2-4-7-17/h2-9,14,16,21H,10-13,15H2,1H3. The fourth-order valence-corrected chi connectivity index (χ4v) is 3.32. The van der Waals surface area contributed by atoms with Crippen molar-refractivity contribution in [1.29, 1.82) is 0 Å². The van der Waals surface area contributed by atoms with Gasteiger partial charge in [-0.3, -0.25) is 0 Å². The summed E-state index contributed by atoms with van der Waals surface area (Å²) in [5, 5.41) is 10.4. The molecule has 0 radical (unpaired) electrons. The first-order valence-corrected chi connectivity index (χ1v) is 8.24. The number of aliphatic hydroxyl groups is 1. The first-order chi connectivity index (χ1) is 11.2. The highest BCUT2D eigenvalue weighted by atomic mass is 16.5. The summed E-state index contributed by atoms with van der Waals surface area (Å²) >= 11 is 0. The lowest BCUT2D eigenvalue weighted by Gasteiger charge is -2.40. The van der Waals surface area contributed by atoms with Crippen LogP contribution in [0.25, 0.3) is 0 Å². The molecular weight excluding hydrogens is 288 g/mol. The van der Waals surface area contributed by atoms with E-state index in [0.717, 1.165) is 29.7 Å². The summed E-state index contributed by atoms with van der Waals surface area (Å²) in [5.41, 5.74) is 2.06. The van der Waals surface area contributed by atoms with Crippen molar-refractivity contribution in [3.05, 3.63) is 65.7 Å². The van der Waals surface area contributed by atoms with Gasteiger partial charge in [0.1, 0.15) is 12.4 Å². The predicted molar refractivity (Wildman–Crippen MR) is 90.6 cm³/mol. The molecule has 2 aromatic carbocycles. The van der Waals surface area contributed by atoms with Gasteiger partial charge in [0.25, 0.3) is 0 Å². The highest BCUT2D eigenvalue weighted by molar-refractivity contribution is 5.35. The number of rotatable bonds is 5. The average Bonchev–Trinajstić information content (AvgIpc) is 2.61. The smallest absolute Gasteiger partial charge is 0.120 e. The molecule has 0 spiro atoms. The molecule has 0 saturated carbocycles. The van der Waals surface area contributed by atoms with Gasteiger partial charge in [-0.25, -0.2) is 0 Å². The minimum atomic E-state index is -0.407. The van der Waals surface area contributed by atoms with E-state index in [2.05, 4.69) is 24.3 Å². The Bertz CT molecular complexity index is 616. The third-order valence-electron chi connectivity index (χ3n) is 4.84. The van der Waals surface area contributed by atoms with Gasteiger partial charge in [0.15, 0.2) is 0 Å². The molecule has 1 aliphatic rings. The average molecular weight is 312 g/mol. The molecule has 1 heterocycles. The third-order valence-corrected chi connectivity index (χ3v) is 4.84. The second-order valence-electron chi connectivity index (χ2n) is 6.25. The lowest BCUT2D eigenvalue weighted by atomic mass is 9.70. The zero-order valence-electron chi connectivity index (χ0n) is 13.6. The van der Waals surface area contributed by atoms with Crippen LogP contribution in [0.4, 0.5) is 0 Å². The minimum absolute atomic E-state index is 0.232. The van der Waals surface area contributed by atoms with Gasteiger partial charge in [-0.2, -0.15) is 0 Å². The van der Waals surface area contributed by atoms with Crippen molar-refractivity contribution >= 4 is 0 Å². The molecule has 1 aliphatic heterocycles. The molecule has 3 heteroatoms. The van der Waals surface area contributed by atoms with Crippen LogP contribution >= 0.6 is 0 Å². The van der Waals surface area contributed by atoms with Crippen molar-refractivity contribution in [2.24, 2.45) is 0 Å². The molecule has 0 bridgehead atoms. The summed E-state index contributed by atoms with van der Waals surface area (Å²) < 4.78 is 11.4. The van der Waals surface area contributed by atoms with Crippen molar-refractivity contribution in [2.45, 2.75) is 37.9 Å². The normalized spacial score (nSPS) is 18.3. The maximum Gasteiger partial charge on any atom is 0.120 e. The lowest BCUT2D eigenvalue weighted by molar-refractivity contribution is -0.00847. The van der Waals surface area contributed by atoms with E-state index in [4.69, 9.17) is 9.47 Å². The van der Waals surface area contributed by atoms with Gasteiger partial charge in [-0.05, 0) is 43.0 Å². The number of benzene rings is 2. The van der Waals surface area contributed by atoms with Crippen LogP contribution in [-0.4, -0.2) is 24.4 Å². The maximum absolute atomic E-state index is 10.4. The Balaban J connectivity index is 1.78. The quantitative estimate of drug-likeness (QED) is 0.915. The summed E-state index contributed by atoms with van der Waals surface area (Å²) in [6.45, 7) is 3.82. The van der Waals surface area contributed by atoms with E-state index in [1.54, 1.807) is 0 Å². The van der Waals surface area contributed by atoms with Crippen molar-refractivity contribution in [3.8, 4) is 5.75 Å². The lowest BCUT2D eigenvalue weighted by Crippen LogP contribution is -2.42. The zero-order valence-corrected chi connectivity index (χ0v) is 13.6. The van der Waals surface area contributed by atoms with Gasteiger partial charge in [-0.15, -0.1) is 0 Å². The van der Waals surface area contributed by atoms with E-state index in [0.29, 0.717) is 19.8 Å². The highest BCUT2D eigenvalue weighted by Crippen LogP contribution is 2.39. The molecule has 122 valence electrons. The summed E-state index contributed by atoms with van der Waals surface area (Å²) in [5.74, 6) is 0.845. The van der Waals surface area contributed by atoms with Crippen LogP contribution in [0.5, 0.6) is 5.75 Å². The summed E-state index contributed by atoms with van der Waals surface area (Å²) in [4.78, 5) is 0. The van der Waals surface area contributed by atoms with E-state index in [1.807, 2.05) is 37.3 Å². The monoisotopic (exact) mass is 312 g/mol. The molecule has 1 atom stereocenters. The third kappa shape index (κ3) is 3.57. The zero-order chi connectivity index (χ0) is 16.1. The molecule has 1 N–H and O–H groups in total. The van der Waals surface area contributed by atoms with E-state index in [9.17, 15) is 5.11 Å². The fourth-order valence-electron chi connectivity index (χ4n) is 3.32. The largest absolute Gasteiger partial charge is 0.489 e. The van der Waals surface area contributed by atoms with Crippen LogP contribution in [0.15, 0.2) is 54.6 Å². The second kappa shape index (κ2) is 7.16. The summed E-state index contributed by atoms with van der Waals surface area (Å²) in [6, 6.07) is 18.3. The Morgan fingerprint density at radius 1 is 1.09 bits per heavy atom. The maximum atomic E-state index is 10.4. The number of hydrogen-bond donors (Lipinski definition) is 1. The van der Waals surface area contributed by atoms with Crippen LogP contribution in [-0.2, 0) is 16.8 Å². The minimum Gasteiger partial charge on any atom is -0.489 e. The Morgan fingerprint density at radius 3 is 2.52 bits per heavy atom. The Morgan fingerprint density at radius 2 is 1.83 bits per heavy atom. The van der Waals surface area contributed by atoms with Crippen molar-refractivity contribution < 1.29 is 14.6 Å². The van der Waals surface area contributed by atoms with Crippen LogP contribution in [0.3, 0.4) is 0 Å². The van der Waals surface area contributed by atoms with Gasteiger partial charge in [0.2, 0.25) is 0 Å². The molecule has 23 heavy (non-hydrogen) atoms. The highest BCUT2D eigenvalue weighted by Gasteiger charge is 2.39. The van der Waals surface area contributed by atoms with Gasteiger partial charge in [0, 0.05) is 18.6 Å². The SMILES string of the molecule is CC(O)C1(c2cccc(OCc3ccccc3)c2)CCOCC1. The molecule has 0 aromatic heterocycles. The molecule has 1 fully saturated rings. The second-order valence-corrected chi connectivity index (χ2v) is 6.25. The first kappa shape index (κ1) is 16.0. The van der Waals surface area contributed by atoms with Crippen LogP contribution < -0.4 is 4.74 Å². The van der Waals surface area contributed by atoms with Crippen molar-refractivity contribution in [1.82, 2.24) is 0 Å². The Kier molecular flexibility index (Phi) is 4.99. The summed E-state index contributed by atoms with van der Waals surface area (Å²) in [7, 11) is 0.